The van der Waals surface area contributed by atoms with Crippen LogP contribution < -0.4 is 5.32 Å². The van der Waals surface area contributed by atoms with Crippen molar-refractivity contribution < 1.29 is 9.18 Å². The van der Waals surface area contributed by atoms with Crippen molar-refractivity contribution in [3.63, 3.8) is 0 Å². The van der Waals surface area contributed by atoms with E-state index >= 15 is 0 Å². The van der Waals surface area contributed by atoms with Crippen LogP contribution in [0, 0.1) is 0 Å². The van der Waals surface area contributed by atoms with E-state index in [1.54, 1.807) is 11.8 Å². The van der Waals surface area contributed by atoms with E-state index in [0.29, 0.717) is 0 Å². The third-order valence-electron chi connectivity index (χ3n) is 1.62. The lowest BCUT2D eigenvalue weighted by Gasteiger charge is -2.07. The van der Waals surface area contributed by atoms with Crippen LogP contribution in [-0.4, -0.2) is 30.1 Å². The topological polar surface area (TPSA) is 29.1 Å². The SMILES string of the molecule is O=C(NCCF)C1CCCS1. The number of halogens is 1. The molecule has 1 rings (SSSR count). The molecule has 1 N–H and O–H groups in total. The number of hydrogen-bond donors (Lipinski definition) is 1. The lowest BCUT2D eigenvalue weighted by atomic mass is 10.2. The molecule has 0 aromatic carbocycles. The average Bonchev–Trinajstić information content (AvgIpc) is 2.52. The summed E-state index contributed by atoms with van der Waals surface area (Å²) in [6.07, 6.45) is 2.06. The Labute approximate surface area is 69.9 Å². The molecule has 0 aliphatic carbocycles. The van der Waals surface area contributed by atoms with Gasteiger partial charge in [0.1, 0.15) is 6.67 Å². The summed E-state index contributed by atoms with van der Waals surface area (Å²) in [7, 11) is 0. The minimum atomic E-state index is -0.469. The summed E-state index contributed by atoms with van der Waals surface area (Å²) < 4.78 is 11.6. The molecule has 64 valence electrons. The Morgan fingerprint density at radius 3 is 3.09 bits per heavy atom. The van der Waals surface area contributed by atoms with Gasteiger partial charge in [0.25, 0.3) is 0 Å². The molecular formula is C7H12FNOS. The molecule has 1 aliphatic heterocycles. The van der Waals surface area contributed by atoms with E-state index in [4.69, 9.17) is 0 Å². The number of amides is 1. The smallest absolute Gasteiger partial charge is 0.233 e. The molecule has 0 bridgehead atoms. The molecule has 0 saturated carbocycles. The fraction of sp³-hybridized carbons (Fsp3) is 0.857. The van der Waals surface area contributed by atoms with Crippen molar-refractivity contribution in [2.24, 2.45) is 0 Å². The molecule has 0 aromatic rings. The van der Waals surface area contributed by atoms with Crippen LogP contribution in [0.25, 0.3) is 0 Å². The van der Waals surface area contributed by atoms with Crippen molar-refractivity contribution in [1.29, 1.82) is 0 Å². The van der Waals surface area contributed by atoms with Crippen LogP contribution >= 0.6 is 11.8 Å². The zero-order valence-corrected chi connectivity index (χ0v) is 7.12. The van der Waals surface area contributed by atoms with Crippen LogP contribution in [0.2, 0.25) is 0 Å². The first kappa shape index (κ1) is 8.84. The molecule has 0 spiro atoms. The van der Waals surface area contributed by atoms with Gasteiger partial charge in [-0.05, 0) is 18.6 Å². The van der Waals surface area contributed by atoms with Gasteiger partial charge < -0.3 is 5.32 Å². The zero-order chi connectivity index (χ0) is 8.10. The standard InChI is InChI=1S/C7H12FNOS/c8-3-4-9-7(10)6-2-1-5-11-6/h6H,1-5H2,(H,9,10). The summed E-state index contributed by atoms with van der Waals surface area (Å²) in [5, 5.41) is 2.62. The van der Waals surface area contributed by atoms with Gasteiger partial charge in [-0.2, -0.15) is 0 Å². The van der Waals surface area contributed by atoms with Crippen molar-refractivity contribution in [2.75, 3.05) is 19.0 Å². The van der Waals surface area contributed by atoms with E-state index in [1.165, 1.54) is 0 Å². The summed E-state index contributed by atoms with van der Waals surface area (Å²) in [5.74, 6) is 1.07. The first-order chi connectivity index (χ1) is 5.34. The lowest BCUT2D eigenvalue weighted by molar-refractivity contribution is -0.120. The largest absolute Gasteiger partial charge is 0.353 e. The van der Waals surface area contributed by atoms with E-state index in [-0.39, 0.29) is 17.7 Å². The average molecular weight is 177 g/mol. The molecule has 1 aliphatic rings. The van der Waals surface area contributed by atoms with Gasteiger partial charge in [0.05, 0.1) is 5.25 Å². The lowest BCUT2D eigenvalue weighted by Crippen LogP contribution is -2.32. The van der Waals surface area contributed by atoms with Gasteiger partial charge in [-0.1, -0.05) is 0 Å². The van der Waals surface area contributed by atoms with Crippen LogP contribution in [0.1, 0.15) is 12.8 Å². The maximum atomic E-state index is 11.6. The minimum Gasteiger partial charge on any atom is -0.353 e. The number of nitrogens with one attached hydrogen (secondary N) is 1. The Morgan fingerprint density at radius 1 is 1.73 bits per heavy atom. The van der Waals surface area contributed by atoms with Crippen LogP contribution in [0.3, 0.4) is 0 Å². The Kier molecular flexibility index (Phi) is 3.69. The van der Waals surface area contributed by atoms with Gasteiger partial charge in [-0.25, -0.2) is 4.39 Å². The fourth-order valence-electron chi connectivity index (χ4n) is 1.07. The Hall–Kier alpha value is -0.250. The van der Waals surface area contributed by atoms with Crippen LogP contribution in [0.5, 0.6) is 0 Å². The highest BCUT2D eigenvalue weighted by Gasteiger charge is 2.22. The molecule has 0 aromatic heterocycles. The highest BCUT2D eigenvalue weighted by atomic mass is 32.2. The number of rotatable bonds is 3. The highest BCUT2D eigenvalue weighted by molar-refractivity contribution is 8.00. The van der Waals surface area contributed by atoms with Crippen molar-refractivity contribution in [2.45, 2.75) is 18.1 Å². The van der Waals surface area contributed by atoms with Crippen molar-refractivity contribution in [1.82, 2.24) is 5.32 Å². The van der Waals surface area contributed by atoms with E-state index in [0.717, 1.165) is 18.6 Å². The normalized spacial score (nSPS) is 23.5. The van der Waals surface area contributed by atoms with Crippen LogP contribution in [-0.2, 0) is 4.79 Å². The van der Waals surface area contributed by atoms with Gasteiger partial charge in [0.2, 0.25) is 5.91 Å². The summed E-state index contributed by atoms with van der Waals surface area (Å²) in [4.78, 5) is 11.1. The van der Waals surface area contributed by atoms with E-state index in [2.05, 4.69) is 5.32 Å². The van der Waals surface area contributed by atoms with Gasteiger partial charge in [0, 0.05) is 6.54 Å². The van der Waals surface area contributed by atoms with E-state index in [1.807, 2.05) is 0 Å². The molecule has 1 atom stereocenters. The van der Waals surface area contributed by atoms with Crippen LogP contribution in [0.4, 0.5) is 4.39 Å². The second-order valence-electron chi connectivity index (χ2n) is 2.48. The first-order valence-corrected chi connectivity index (χ1v) is 4.84. The predicted molar refractivity (Wildman–Crippen MR) is 44.5 cm³/mol. The quantitative estimate of drug-likeness (QED) is 0.696. The van der Waals surface area contributed by atoms with Gasteiger partial charge in [-0.3, -0.25) is 4.79 Å². The van der Waals surface area contributed by atoms with Crippen molar-refractivity contribution >= 4 is 17.7 Å². The summed E-state index contributed by atoms with van der Waals surface area (Å²) in [6, 6.07) is 0. The van der Waals surface area contributed by atoms with Gasteiger partial charge in [0.15, 0.2) is 0 Å². The van der Waals surface area contributed by atoms with Crippen molar-refractivity contribution in [3.05, 3.63) is 0 Å². The summed E-state index contributed by atoms with van der Waals surface area (Å²) in [6.45, 7) is -0.307. The molecule has 2 nitrogen and oxygen atoms in total. The van der Waals surface area contributed by atoms with Gasteiger partial charge in [-0.15, -0.1) is 11.8 Å². The van der Waals surface area contributed by atoms with E-state index in [9.17, 15) is 9.18 Å². The Bertz CT molecular complexity index is 136. The molecule has 1 unspecified atom stereocenters. The Morgan fingerprint density at radius 2 is 2.55 bits per heavy atom. The number of thioether (sulfide) groups is 1. The summed E-state index contributed by atoms with van der Waals surface area (Å²) >= 11 is 1.67. The minimum absolute atomic E-state index is 0.00477. The number of carbonyl (C=O) groups excluding carboxylic acids is 1. The third kappa shape index (κ3) is 2.69. The number of hydrogen-bond acceptors (Lipinski definition) is 2. The molecule has 1 amide bonds. The Balaban J connectivity index is 2.17. The van der Waals surface area contributed by atoms with Crippen molar-refractivity contribution in [3.8, 4) is 0 Å². The van der Waals surface area contributed by atoms with Gasteiger partial charge >= 0.3 is 0 Å². The maximum Gasteiger partial charge on any atom is 0.233 e. The third-order valence-corrected chi connectivity index (χ3v) is 2.99. The fourth-order valence-corrected chi connectivity index (χ4v) is 2.25. The molecule has 1 saturated heterocycles. The monoisotopic (exact) mass is 177 g/mol. The number of carbonyl (C=O) groups is 1. The first-order valence-electron chi connectivity index (χ1n) is 3.80. The highest BCUT2D eigenvalue weighted by Crippen LogP contribution is 2.25. The molecule has 1 fully saturated rings. The molecular weight excluding hydrogens is 165 g/mol. The molecule has 4 heteroatoms. The van der Waals surface area contributed by atoms with Crippen LogP contribution in [0.15, 0.2) is 0 Å². The number of alkyl halides is 1. The molecule has 11 heavy (non-hydrogen) atoms. The maximum absolute atomic E-state index is 11.6. The molecule has 1 heterocycles. The zero-order valence-electron chi connectivity index (χ0n) is 6.31. The van der Waals surface area contributed by atoms with E-state index < -0.39 is 6.67 Å². The molecule has 0 radical (unpaired) electrons. The summed E-state index contributed by atoms with van der Waals surface area (Å²) in [5.41, 5.74) is 0. The second kappa shape index (κ2) is 4.59. The predicted octanol–water partition coefficient (Wildman–Crippen LogP) is 0.968. The second-order valence-corrected chi connectivity index (χ2v) is 3.79.